The lowest BCUT2D eigenvalue weighted by molar-refractivity contribution is -0.0500. The number of nitrogens with zero attached hydrogens (tertiary/aromatic N) is 1. The van der Waals surface area contributed by atoms with Crippen molar-refractivity contribution in [2.45, 2.75) is 44.2 Å². The fourth-order valence-electron chi connectivity index (χ4n) is 3.63. The topological polar surface area (TPSA) is 36.6 Å². The number of likely N-dealkylation sites (N-methyl/N-ethyl adjacent to an activating group) is 1. The van der Waals surface area contributed by atoms with Crippen molar-refractivity contribution in [2.75, 3.05) is 14.1 Å². The number of aliphatic hydroxyl groups excluding tert-OH is 1. The first-order valence-electron chi connectivity index (χ1n) is 7.87. The number of para-hydroxylation sites is 1. The normalized spacial score (nSPS) is 28.1. The molecule has 1 aliphatic carbocycles. The van der Waals surface area contributed by atoms with Crippen LogP contribution in [0.15, 0.2) is 34.7 Å². The molecule has 0 amide bonds. The molecule has 3 heteroatoms. The molecule has 21 heavy (non-hydrogen) atoms. The van der Waals surface area contributed by atoms with E-state index in [2.05, 4.69) is 25.9 Å². The first-order valence-corrected chi connectivity index (χ1v) is 7.87. The van der Waals surface area contributed by atoms with Crippen molar-refractivity contribution in [1.82, 2.24) is 4.90 Å². The molecule has 114 valence electrons. The lowest BCUT2D eigenvalue weighted by Crippen LogP contribution is -2.51. The summed E-state index contributed by atoms with van der Waals surface area (Å²) in [5, 5.41) is 12.1. The minimum absolute atomic E-state index is 0.208. The lowest BCUT2D eigenvalue weighted by atomic mass is 9.72. The zero-order chi connectivity index (χ0) is 15.0. The van der Waals surface area contributed by atoms with Gasteiger partial charge in [0.1, 0.15) is 17.4 Å². The van der Waals surface area contributed by atoms with Gasteiger partial charge in [0.2, 0.25) is 0 Å². The molecule has 1 heterocycles. The van der Waals surface area contributed by atoms with E-state index in [1.807, 2.05) is 30.3 Å². The van der Waals surface area contributed by atoms with E-state index in [-0.39, 0.29) is 5.54 Å². The second-order valence-corrected chi connectivity index (χ2v) is 6.77. The minimum atomic E-state index is -0.576. The molecule has 0 spiro atoms. The molecule has 1 aromatic heterocycles. The summed E-state index contributed by atoms with van der Waals surface area (Å²) in [7, 11) is 4.14. The van der Waals surface area contributed by atoms with Gasteiger partial charge in [-0.15, -0.1) is 0 Å². The van der Waals surface area contributed by atoms with Gasteiger partial charge in [-0.2, -0.15) is 0 Å². The van der Waals surface area contributed by atoms with Gasteiger partial charge >= 0.3 is 0 Å². The van der Waals surface area contributed by atoms with Crippen molar-refractivity contribution >= 4 is 11.0 Å². The molecule has 1 fully saturated rings. The van der Waals surface area contributed by atoms with Gasteiger partial charge in [-0.05, 0) is 57.8 Å². The molecule has 0 aliphatic heterocycles. The van der Waals surface area contributed by atoms with Crippen molar-refractivity contribution in [1.29, 1.82) is 0 Å². The van der Waals surface area contributed by atoms with Crippen LogP contribution in [0.1, 0.15) is 44.5 Å². The average Bonchev–Trinajstić information content (AvgIpc) is 2.91. The van der Waals surface area contributed by atoms with E-state index in [1.165, 1.54) is 0 Å². The lowest BCUT2D eigenvalue weighted by Gasteiger charge is -2.47. The molecule has 0 saturated heterocycles. The summed E-state index contributed by atoms with van der Waals surface area (Å²) >= 11 is 0. The Kier molecular flexibility index (Phi) is 3.80. The van der Waals surface area contributed by atoms with Gasteiger partial charge in [0, 0.05) is 5.39 Å². The summed E-state index contributed by atoms with van der Waals surface area (Å²) in [4.78, 5) is 2.19. The number of benzene rings is 1. The van der Waals surface area contributed by atoms with Crippen LogP contribution >= 0.6 is 0 Å². The summed E-state index contributed by atoms with van der Waals surface area (Å²) in [6.07, 6.45) is 3.77. The van der Waals surface area contributed by atoms with E-state index < -0.39 is 6.10 Å². The number of fused-ring (bicyclic) bond motifs is 1. The highest BCUT2D eigenvalue weighted by Gasteiger charge is 2.44. The number of furan rings is 1. The Morgan fingerprint density at radius 2 is 1.90 bits per heavy atom. The Bertz CT molecular complexity index is 575. The van der Waals surface area contributed by atoms with Crippen molar-refractivity contribution < 1.29 is 9.52 Å². The Labute approximate surface area is 126 Å². The van der Waals surface area contributed by atoms with Crippen molar-refractivity contribution in [2.24, 2.45) is 5.92 Å². The zero-order valence-corrected chi connectivity index (χ0v) is 13.2. The van der Waals surface area contributed by atoms with Crippen LogP contribution in [0.2, 0.25) is 0 Å². The fourth-order valence-corrected chi connectivity index (χ4v) is 3.63. The first kappa shape index (κ1) is 14.6. The van der Waals surface area contributed by atoms with Crippen LogP contribution in [0, 0.1) is 5.92 Å². The van der Waals surface area contributed by atoms with Gasteiger partial charge in [0.05, 0.1) is 5.54 Å². The second-order valence-electron chi connectivity index (χ2n) is 6.77. The summed E-state index contributed by atoms with van der Waals surface area (Å²) in [6.45, 7) is 2.30. The maximum Gasteiger partial charge on any atom is 0.135 e. The molecule has 1 atom stereocenters. The predicted octanol–water partition coefficient (Wildman–Crippen LogP) is 3.98. The van der Waals surface area contributed by atoms with Crippen LogP contribution < -0.4 is 0 Å². The molecule has 1 aromatic carbocycles. The molecule has 0 radical (unpaired) electrons. The maximum atomic E-state index is 11.0. The molecule has 1 unspecified atom stereocenters. The quantitative estimate of drug-likeness (QED) is 0.927. The summed E-state index contributed by atoms with van der Waals surface area (Å²) in [5.41, 5.74) is 0.644. The highest BCUT2D eigenvalue weighted by molar-refractivity contribution is 5.77. The third-order valence-electron chi connectivity index (χ3n) is 5.25. The van der Waals surface area contributed by atoms with Crippen molar-refractivity contribution in [3.05, 3.63) is 36.1 Å². The molecule has 3 rings (SSSR count). The van der Waals surface area contributed by atoms with Gasteiger partial charge in [0.15, 0.2) is 0 Å². The number of hydrogen-bond donors (Lipinski definition) is 1. The fraction of sp³-hybridized carbons (Fsp3) is 0.556. The monoisotopic (exact) mass is 287 g/mol. The SMILES string of the molecule is CC1CCC(C(O)c2cc3ccccc3o2)(N(C)C)CC1. The summed E-state index contributed by atoms with van der Waals surface area (Å²) in [5.74, 6) is 1.44. The van der Waals surface area contributed by atoms with E-state index in [0.717, 1.165) is 42.6 Å². The standard InChI is InChI=1S/C18H25NO2/c1-13-8-10-18(11-9-13,19(2)3)17(20)16-12-14-6-4-5-7-15(14)21-16/h4-7,12-13,17,20H,8-11H2,1-3H3. The van der Waals surface area contributed by atoms with E-state index in [9.17, 15) is 5.11 Å². The molecule has 1 N–H and O–H groups in total. The van der Waals surface area contributed by atoms with Gasteiger partial charge in [-0.25, -0.2) is 0 Å². The molecule has 3 nitrogen and oxygen atoms in total. The molecule has 1 aliphatic rings. The third-order valence-corrected chi connectivity index (χ3v) is 5.25. The largest absolute Gasteiger partial charge is 0.458 e. The van der Waals surface area contributed by atoms with Gasteiger partial charge < -0.3 is 14.4 Å². The summed E-state index contributed by atoms with van der Waals surface area (Å²) in [6, 6.07) is 9.93. The van der Waals surface area contributed by atoms with Gasteiger partial charge in [0.25, 0.3) is 0 Å². The Morgan fingerprint density at radius 3 is 2.52 bits per heavy atom. The Hall–Kier alpha value is -1.32. The molecule has 2 aromatic rings. The molecular weight excluding hydrogens is 262 g/mol. The third kappa shape index (κ3) is 2.49. The minimum Gasteiger partial charge on any atom is -0.458 e. The average molecular weight is 287 g/mol. The van der Waals surface area contributed by atoms with E-state index in [4.69, 9.17) is 4.42 Å². The summed E-state index contributed by atoms with van der Waals surface area (Å²) < 4.78 is 5.91. The van der Waals surface area contributed by atoms with Crippen molar-refractivity contribution in [3.8, 4) is 0 Å². The van der Waals surface area contributed by atoms with Crippen LogP contribution in [0.25, 0.3) is 11.0 Å². The number of hydrogen-bond acceptors (Lipinski definition) is 3. The number of rotatable bonds is 3. The van der Waals surface area contributed by atoms with Crippen LogP contribution in [0.5, 0.6) is 0 Å². The first-order chi connectivity index (χ1) is 10.0. The molecular formula is C18H25NO2. The second kappa shape index (κ2) is 5.47. The van der Waals surface area contributed by atoms with Crippen molar-refractivity contribution in [3.63, 3.8) is 0 Å². The predicted molar refractivity (Wildman–Crippen MR) is 85.2 cm³/mol. The highest BCUT2D eigenvalue weighted by atomic mass is 16.4. The van der Waals surface area contributed by atoms with Crippen LogP contribution in [0.3, 0.4) is 0 Å². The Morgan fingerprint density at radius 1 is 1.24 bits per heavy atom. The number of aliphatic hydroxyl groups is 1. The van der Waals surface area contributed by atoms with Crippen LogP contribution in [-0.2, 0) is 0 Å². The van der Waals surface area contributed by atoms with Gasteiger partial charge in [-0.3, -0.25) is 0 Å². The smallest absolute Gasteiger partial charge is 0.135 e. The van der Waals surface area contributed by atoms with Gasteiger partial charge in [-0.1, -0.05) is 25.1 Å². The van der Waals surface area contributed by atoms with E-state index in [1.54, 1.807) is 0 Å². The maximum absolute atomic E-state index is 11.0. The van der Waals surface area contributed by atoms with Crippen LogP contribution in [0.4, 0.5) is 0 Å². The van der Waals surface area contributed by atoms with Crippen LogP contribution in [-0.4, -0.2) is 29.6 Å². The zero-order valence-electron chi connectivity index (χ0n) is 13.2. The highest BCUT2D eigenvalue weighted by Crippen LogP contribution is 2.44. The molecule has 1 saturated carbocycles. The van der Waals surface area contributed by atoms with E-state index >= 15 is 0 Å². The van der Waals surface area contributed by atoms with E-state index in [0.29, 0.717) is 5.76 Å². The molecule has 0 bridgehead atoms. The Balaban J connectivity index is 1.95.